The van der Waals surface area contributed by atoms with E-state index in [9.17, 15) is 4.79 Å². The molecule has 0 aliphatic carbocycles. The number of methoxy groups -OCH3 is 1. The number of benzene rings is 3. The van der Waals surface area contributed by atoms with Crippen molar-refractivity contribution in [2.24, 2.45) is 0 Å². The predicted molar refractivity (Wildman–Crippen MR) is 105 cm³/mol. The molecule has 0 atom stereocenters. The molecule has 1 amide bonds. The van der Waals surface area contributed by atoms with Gasteiger partial charge in [0.25, 0.3) is 5.91 Å². The number of anilines is 1. The molecule has 0 saturated carbocycles. The summed E-state index contributed by atoms with van der Waals surface area (Å²) in [6, 6.07) is 19.2. The Morgan fingerprint density at radius 3 is 2.40 bits per heavy atom. The minimum absolute atomic E-state index is 0.241. The molecule has 0 aliphatic rings. The van der Waals surface area contributed by atoms with Crippen molar-refractivity contribution in [3.8, 4) is 5.75 Å². The van der Waals surface area contributed by atoms with Crippen molar-refractivity contribution in [2.75, 3.05) is 12.4 Å². The monoisotopic (exact) mass is 350 g/mol. The maximum absolute atomic E-state index is 12.6. The molecule has 3 aromatic rings. The van der Waals surface area contributed by atoms with E-state index in [0.29, 0.717) is 11.3 Å². The Bertz CT molecular complexity index is 953. The van der Waals surface area contributed by atoms with Crippen LogP contribution in [0.4, 0.5) is 5.69 Å². The van der Waals surface area contributed by atoms with Gasteiger partial charge >= 0.3 is 0 Å². The molecule has 4 nitrogen and oxygen atoms in total. The van der Waals surface area contributed by atoms with Crippen LogP contribution in [0, 0.1) is 6.92 Å². The van der Waals surface area contributed by atoms with E-state index in [1.165, 1.54) is 0 Å². The molecular formula is C20H18N2O2S. The molecule has 0 spiro atoms. The second-order valence-corrected chi connectivity index (χ2v) is 6.09. The lowest BCUT2D eigenvalue weighted by Crippen LogP contribution is -2.34. The quantitative estimate of drug-likeness (QED) is 0.692. The topological polar surface area (TPSA) is 50.4 Å². The van der Waals surface area contributed by atoms with Crippen LogP contribution in [0.1, 0.15) is 15.9 Å². The minimum atomic E-state index is -0.312. The van der Waals surface area contributed by atoms with Gasteiger partial charge in [0.2, 0.25) is 0 Å². The van der Waals surface area contributed by atoms with Crippen LogP contribution >= 0.6 is 12.2 Å². The van der Waals surface area contributed by atoms with Gasteiger partial charge < -0.3 is 10.1 Å². The van der Waals surface area contributed by atoms with Crippen LogP contribution in [0.15, 0.2) is 60.7 Å². The normalized spacial score (nSPS) is 10.3. The molecule has 0 aliphatic heterocycles. The zero-order valence-electron chi connectivity index (χ0n) is 14.0. The van der Waals surface area contributed by atoms with Crippen LogP contribution in [-0.4, -0.2) is 18.1 Å². The van der Waals surface area contributed by atoms with Crippen LogP contribution < -0.4 is 15.4 Å². The summed E-state index contributed by atoms with van der Waals surface area (Å²) >= 11 is 5.25. The summed E-state index contributed by atoms with van der Waals surface area (Å²) in [4.78, 5) is 12.6. The Labute approximate surface area is 151 Å². The van der Waals surface area contributed by atoms with Crippen LogP contribution in [0.25, 0.3) is 10.8 Å². The number of nitrogens with one attached hydrogen (secondary N) is 2. The van der Waals surface area contributed by atoms with E-state index < -0.39 is 0 Å². The first-order valence-electron chi connectivity index (χ1n) is 7.82. The summed E-state index contributed by atoms with van der Waals surface area (Å²) < 4.78 is 5.37. The summed E-state index contributed by atoms with van der Waals surface area (Å²) in [6.45, 7) is 1.99. The molecule has 126 valence electrons. The lowest BCUT2D eigenvalue weighted by Gasteiger charge is -2.13. The van der Waals surface area contributed by atoms with E-state index in [1.54, 1.807) is 13.2 Å². The lowest BCUT2D eigenvalue weighted by atomic mass is 10.1. The van der Waals surface area contributed by atoms with Gasteiger partial charge in [-0.2, -0.15) is 0 Å². The number of rotatable bonds is 3. The third kappa shape index (κ3) is 3.95. The number of ether oxygens (including phenoxy) is 1. The van der Waals surface area contributed by atoms with Crippen LogP contribution in [0.2, 0.25) is 0 Å². The van der Waals surface area contributed by atoms with E-state index in [0.717, 1.165) is 22.0 Å². The standard InChI is InChI=1S/C20H18N2O2S/c1-13-6-5-9-16(10-13)21-20(25)22-19(23)17-11-14-7-3-4-8-15(14)12-18(17)24-2/h3-12H,1-2H3,(H2,21,22,23,25). The molecule has 0 radical (unpaired) electrons. The molecule has 5 heteroatoms. The van der Waals surface area contributed by atoms with Gasteiger partial charge in [0, 0.05) is 5.69 Å². The molecule has 25 heavy (non-hydrogen) atoms. The molecule has 0 fully saturated rings. The molecule has 0 saturated heterocycles. The average molecular weight is 350 g/mol. The number of hydrogen-bond donors (Lipinski definition) is 2. The average Bonchev–Trinajstić information content (AvgIpc) is 2.60. The number of amides is 1. The number of thiocarbonyl (C=S) groups is 1. The molecule has 0 unspecified atom stereocenters. The molecule has 0 heterocycles. The van der Waals surface area contributed by atoms with Gasteiger partial charge in [0.15, 0.2) is 5.11 Å². The molecule has 3 aromatic carbocycles. The largest absolute Gasteiger partial charge is 0.496 e. The van der Waals surface area contributed by atoms with E-state index in [4.69, 9.17) is 17.0 Å². The van der Waals surface area contributed by atoms with Gasteiger partial charge in [0.1, 0.15) is 5.75 Å². The third-order valence-electron chi connectivity index (χ3n) is 3.82. The fourth-order valence-corrected chi connectivity index (χ4v) is 2.83. The van der Waals surface area contributed by atoms with Gasteiger partial charge in [-0.3, -0.25) is 10.1 Å². The number of carbonyl (C=O) groups is 1. The maximum Gasteiger partial charge on any atom is 0.261 e. The van der Waals surface area contributed by atoms with Crippen molar-refractivity contribution in [1.29, 1.82) is 0 Å². The Morgan fingerprint density at radius 1 is 1.00 bits per heavy atom. The number of fused-ring (bicyclic) bond motifs is 1. The smallest absolute Gasteiger partial charge is 0.261 e. The van der Waals surface area contributed by atoms with E-state index >= 15 is 0 Å². The van der Waals surface area contributed by atoms with Crippen molar-refractivity contribution < 1.29 is 9.53 Å². The number of aryl methyl sites for hydroxylation is 1. The first-order chi connectivity index (χ1) is 12.1. The molecule has 0 aromatic heterocycles. The highest BCUT2D eigenvalue weighted by Gasteiger charge is 2.15. The predicted octanol–water partition coefficient (Wildman–Crippen LogP) is 4.28. The van der Waals surface area contributed by atoms with E-state index in [2.05, 4.69) is 10.6 Å². The van der Waals surface area contributed by atoms with Gasteiger partial charge in [-0.15, -0.1) is 0 Å². The highest BCUT2D eigenvalue weighted by atomic mass is 32.1. The summed E-state index contributed by atoms with van der Waals surface area (Å²) in [5.74, 6) is 0.197. The Balaban J connectivity index is 1.80. The number of carbonyl (C=O) groups excluding carboxylic acids is 1. The highest BCUT2D eigenvalue weighted by molar-refractivity contribution is 7.80. The third-order valence-corrected chi connectivity index (χ3v) is 4.02. The summed E-state index contributed by atoms with van der Waals surface area (Å²) in [5.41, 5.74) is 2.38. The van der Waals surface area contributed by atoms with Crippen molar-refractivity contribution in [3.63, 3.8) is 0 Å². The number of hydrogen-bond acceptors (Lipinski definition) is 3. The summed E-state index contributed by atoms with van der Waals surface area (Å²) in [7, 11) is 1.55. The molecule has 0 bridgehead atoms. The maximum atomic E-state index is 12.6. The molecule has 3 rings (SSSR count). The first kappa shape index (κ1) is 16.9. The fourth-order valence-electron chi connectivity index (χ4n) is 2.62. The van der Waals surface area contributed by atoms with Gasteiger partial charge in [0.05, 0.1) is 12.7 Å². The highest BCUT2D eigenvalue weighted by Crippen LogP contribution is 2.25. The minimum Gasteiger partial charge on any atom is -0.496 e. The van der Waals surface area contributed by atoms with Crippen molar-refractivity contribution in [2.45, 2.75) is 6.92 Å². The first-order valence-corrected chi connectivity index (χ1v) is 8.23. The Hall–Kier alpha value is -2.92. The van der Waals surface area contributed by atoms with E-state index in [1.807, 2.05) is 61.5 Å². The fraction of sp³-hybridized carbons (Fsp3) is 0.100. The van der Waals surface area contributed by atoms with Gasteiger partial charge in [-0.25, -0.2) is 0 Å². The van der Waals surface area contributed by atoms with E-state index in [-0.39, 0.29) is 11.0 Å². The Kier molecular flexibility index (Phi) is 4.95. The van der Waals surface area contributed by atoms with Crippen LogP contribution in [0.3, 0.4) is 0 Å². The molecule has 2 N–H and O–H groups in total. The lowest BCUT2D eigenvalue weighted by molar-refractivity contribution is 0.0975. The second-order valence-electron chi connectivity index (χ2n) is 5.68. The Morgan fingerprint density at radius 2 is 1.72 bits per heavy atom. The second kappa shape index (κ2) is 7.32. The van der Waals surface area contributed by atoms with Crippen molar-refractivity contribution >= 4 is 39.7 Å². The molecular weight excluding hydrogens is 332 g/mol. The van der Waals surface area contributed by atoms with Crippen molar-refractivity contribution in [3.05, 3.63) is 71.8 Å². The zero-order valence-corrected chi connectivity index (χ0v) is 14.8. The van der Waals surface area contributed by atoms with Crippen molar-refractivity contribution in [1.82, 2.24) is 5.32 Å². The van der Waals surface area contributed by atoms with Crippen LogP contribution in [0.5, 0.6) is 5.75 Å². The zero-order chi connectivity index (χ0) is 17.8. The summed E-state index contributed by atoms with van der Waals surface area (Å²) in [5, 5.41) is 7.94. The SMILES string of the molecule is COc1cc2ccccc2cc1C(=O)NC(=S)Nc1cccc(C)c1. The van der Waals surface area contributed by atoms with Crippen LogP contribution in [-0.2, 0) is 0 Å². The van der Waals surface area contributed by atoms with Gasteiger partial charge in [-0.05, 0) is 59.7 Å². The summed E-state index contributed by atoms with van der Waals surface area (Å²) in [6.07, 6.45) is 0. The van der Waals surface area contributed by atoms with Gasteiger partial charge in [-0.1, -0.05) is 36.4 Å².